The number of halogens is 1. The van der Waals surface area contributed by atoms with Gasteiger partial charge in [0, 0.05) is 24.8 Å². The number of likely N-dealkylation sites (tertiary alicyclic amines) is 1. The second-order valence-electron chi connectivity index (χ2n) is 7.26. The number of hydrogen-bond donors (Lipinski definition) is 0. The molecule has 1 amide bonds. The van der Waals surface area contributed by atoms with Crippen molar-refractivity contribution < 1.29 is 18.7 Å². The number of hydrogen-bond acceptors (Lipinski definition) is 4. The van der Waals surface area contributed by atoms with Gasteiger partial charge in [-0.1, -0.05) is 18.2 Å². The summed E-state index contributed by atoms with van der Waals surface area (Å²) in [6.45, 7) is 2.96. The molecule has 0 spiro atoms. The van der Waals surface area contributed by atoms with Crippen molar-refractivity contribution in [1.29, 1.82) is 0 Å². The Kier molecular flexibility index (Phi) is 5.61. The number of nitrogens with zero attached hydrogens (tertiary/aromatic N) is 3. The summed E-state index contributed by atoms with van der Waals surface area (Å²) in [4.78, 5) is 27.2. The molecule has 1 fully saturated rings. The normalized spacial score (nSPS) is 14.5. The van der Waals surface area contributed by atoms with E-state index in [0.717, 1.165) is 18.5 Å². The molecule has 154 valence electrons. The van der Waals surface area contributed by atoms with Crippen LogP contribution in [0.1, 0.15) is 30.1 Å². The topological polar surface area (TPSA) is 64.4 Å². The molecule has 0 saturated carbocycles. The number of aromatic nitrogens is 2. The largest absolute Gasteiger partial charge is 0.449 e. The lowest BCUT2D eigenvalue weighted by Gasteiger charge is -2.20. The Hall–Kier alpha value is -3.48. The molecule has 0 aliphatic carbocycles. The number of esters is 1. The van der Waals surface area contributed by atoms with Gasteiger partial charge in [0.25, 0.3) is 5.91 Å². The molecule has 4 rings (SSSR count). The van der Waals surface area contributed by atoms with Crippen LogP contribution in [0.2, 0.25) is 0 Å². The van der Waals surface area contributed by atoms with Crippen LogP contribution in [0.4, 0.5) is 4.39 Å². The molecule has 1 aliphatic rings. The van der Waals surface area contributed by atoms with E-state index < -0.39 is 12.1 Å². The maximum absolute atomic E-state index is 13.4. The molecule has 1 saturated heterocycles. The predicted molar refractivity (Wildman–Crippen MR) is 110 cm³/mol. The summed E-state index contributed by atoms with van der Waals surface area (Å²) in [6.07, 6.45) is 2.61. The number of benzene rings is 2. The molecule has 6 nitrogen and oxygen atoms in total. The summed E-state index contributed by atoms with van der Waals surface area (Å²) in [6, 6.07) is 15.1. The molecule has 0 N–H and O–H groups in total. The van der Waals surface area contributed by atoms with Gasteiger partial charge in [0.15, 0.2) is 6.10 Å². The second-order valence-corrected chi connectivity index (χ2v) is 7.26. The van der Waals surface area contributed by atoms with E-state index in [0.29, 0.717) is 24.3 Å². The van der Waals surface area contributed by atoms with Crippen LogP contribution >= 0.6 is 0 Å². The van der Waals surface area contributed by atoms with Gasteiger partial charge in [-0.2, -0.15) is 5.10 Å². The lowest BCUT2D eigenvalue weighted by atomic mass is 10.1. The SMILES string of the molecule is C[C@@H](OC(=O)c1cn(-c2ccccc2)nc1-c1ccc(F)cc1)C(=O)N1CCCC1. The van der Waals surface area contributed by atoms with Crippen molar-refractivity contribution in [3.05, 3.63) is 72.2 Å². The summed E-state index contributed by atoms with van der Waals surface area (Å²) in [5, 5.41) is 4.53. The van der Waals surface area contributed by atoms with Crippen LogP contribution in [0.5, 0.6) is 0 Å². The summed E-state index contributed by atoms with van der Waals surface area (Å²) in [7, 11) is 0. The van der Waals surface area contributed by atoms with Gasteiger partial charge in [-0.15, -0.1) is 0 Å². The average molecular weight is 407 g/mol. The molecule has 30 heavy (non-hydrogen) atoms. The zero-order valence-electron chi connectivity index (χ0n) is 16.6. The van der Waals surface area contributed by atoms with E-state index in [4.69, 9.17) is 4.74 Å². The maximum Gasteiger partial charge on any atom is 0.342 e. The van der Waals surface area contributed by atoms with E-state index in [1.807, 2.05) is 30.3 Å². The number of ether oxygens (including phenoxy) is 1. The lowest BCUT2D eigenvalue weighted by Crippen LogP contribution is -2.38. The first kappa shape index (κ1) is 19.8. The Bertz CT molecular complexity index is 1040. The lowest BCUT2D eigenvalue weighted by molar-refractivity contribution is -0.138. The number of para-hydroxylation sites is 1. The van der Waals surface area contributed by atoms with Gasteiger partial charge in [-0.3, -0.25) is 4.79 Å². The van der Waals surface area contributed by atoms with Crippen LogP contribution in [0.25, 0.3) is 16.9 Å². The van der Waals surface area contributed by atoms with Gasteiger partial charge >= 0.3 is 5.97 Å². The molecule has 3 aromatic rings. The van der Waals surface area contributed by atoms with Crippen LogP contribution < -0.4 is 0 Å². The van der Waals surface area contributed by atoms with E-state index in [2.05, 4.69) is 5.10 Å². The van der Waals surface area contributed by atoms with Gasteiger partial charge in [-0.25, -0.2) is 13.9 Å². The van der Waals surface area contributed by atoms with Crippen molar-refractivity contribution in [1.82, 2.24) is 14.7 Å². The molecular weight excluding hydrogens is 385 g/mol. The summed E-state index contributed by atoms with van der Waals surface area (Å²) in [5.74, 6) is -1.22. The van der Waals surface area contributed by atoms with E-state index in [-0.39, 0.29) is 17.3 Å². The Labute approximate surface area is 173 Å². The Morgan fingerprint density at radius 1 is 1.03 bits per heavy atom. The van der Waals surface area contributed by atoms with Crippen LogP contribution in [-0.2, 0) is 9.53 Å². The third-order valence-corrected chi connectivity index (χ3v) is 5.12. The van der Waals surface area contributed by atoms with E-state index in [9.17, 15) is 14.0 Å². The van der Waals surface area contributed by atoms with Crippen LogP contribution in [0, 0.1) is 5.82 Å². The van der Waals surface area contributed by atoms with E-state index >= 15 is 0 Å². The molecule has 1 aliphatic heterocycles. The minimum atomic E-state index is -0.892. The molecule has 2 aromatic carbocycles. The number of rotatable bonds is 5. The monoisotopic (exact) mass is 407 g/mol. The van der Waals surface area contributed by atoms with E-state index in [1.165, 1.54) is 12.1 Å². The quantitative estimate of drug-likeness (QED) is 0.603. The predicted octanol–water partition coefficient (Wildman–Crippen LogP) is 3.85. The zero-order valence-corrected chi connectivity index (χ0v) is 16.6. The van der Waals surface area contributed by atoms with Crippen LogP contribution in [0.3, 0.4) is 0 Å². The Morgan fingerprint density at radius 3 is 2.37 bits per heavy atom. The third-order valence-electron chi connectivity index (χ3n) is 5.12. The molecule has 0 unspecified atom stereocenters. The fraction of sp³-hybridized carbons (Fsp3) is 0.261. The van der Waals surface area contributed by atoms with E-state index in [1.54, 1.807) is 34.8 Å². The smallest absolute Gasteiger partial charge is 0.342 e. The first-order chi connectivity index (χ1) is 14.5. The number of amides is 1. The molecule has 7 heteroatoms. The van der Waals surface area contributed by atoms with Crippen molar-refractivity contribution in [2.24, 2.45) is 0 Å². The first-order valence-corrected chi connectivity index (χ1v) is 9.94. The average Bonchev–Trinajstić information content (AvgIpc) is 3.45. The molecule has 1 atom stereocenters. The highest BCUT2D eigenvalue weighted by atomic mass is 19.1. The molecular formula is C23H22FN3O3. The summed E-state index contributed by atoms with van der Waals surface area (Å²) >= 11 is 0. The van der Waals surface area contributed by atoms with Crippen molar-refractivity contribution >= 4 is 11.9 Å². The fourth-order valence-corrected chi connectivity index (χ4v) is 3.53. The molecule has 1 aromatic heterocycles. The summed E-state index contributed by atoms with van der Waals surface area (Å²) in [5.41, 5.74) is 1.92. The zero-order chi connectivity index (χ0) is 21.1. The van der Waals surface area contributed by atoms with Gasteiger partial charge in [0.2, 0.25) is 0 Å². The minimum Gasteiger partial charge on any atom is -0.449 e. The highest BCUT2D eigenvalue weighted by molar-refractivity contribution is 5.97. The van der Waals surface area contributed by atoms with Crippen LogP contribution in [0.15, 0.2) is 60.8 Å². The highest BCUT2D eigenvalue weighted by Gasteiger charge is 2.28. The van der Waals surface area contributed by atoms with Gasteiger partial charge in [0.05, 0.1) is 5.69 Å². The maximum atomic E-state index is 13.4. The van der Waals surface area contributed by atoms with Crippen LogP contribution in [-0.4, -0.2) is 45.8 Å². The second kappa shape index (κ2) is 8.49. The van der Waals surface area contributed by atoms with Gasteiger partial charge in [-0.05, 0) is 56.2 Å². The molecule has 0 radical (unpaired) electrons. The van der Waals surface area contributed by atoms with Crippen molar-refractivity contribution in [2.75, 3.05) is 13.1 Å². The van der Waals surface area contributed by atoms with Crippen molar-refractivity contribution in [2.45, 2.75) is 25.9 Å². The number of carbonyl (C=O) groups excluding carboxylic acids is 2. The van der Waals surface area contributed by atoms with Crippen molar-refractivity contribution in [3.8, 4) is 16.9 Å². The minimum absolute atomic E-state index is 0.195. The Balaban J connectivity index is 1.64. The first-order valence-electron chi connectivity index (χ1n) is 9.94. The number of carbonyl (C=O) groups is 2. The fourth-order valence-electron chi connectivity index (χ4n) is 3.53. The molecule has 2 heterocycles. The standard InChI is InChI=1S/C23H22FN3O3/c1-16(22(28)26-13-5-6-14-26)30-23(29)20-15-27(19-7-3-2-4-8-19)25-21(20)17-9-11-18(24)12-10-17/h2-4,7-12,15-16H,5-6,13-14H2,1H3/t16-/m1/s1. The van der Waals surface area contributed by atoms with Gasteiger partial charge < -0.3 is 9.64 Å². The van der Waals surface area contributed by atoms with Gasteiger partial charge in [0.1, 0.15) is 17.1 Å². The Morgan fingerprint density at radius 2 is 1.70 bits per heavy atom. The third kappa shape index (κ3) is 4.10. The van der Waals surface area contributed by atoms with Crippen molar-refractivity contribution in [3.63, 3.8) is 0 Å². The molecule has 0 bridgehead atoms. The summed E-state index contributed by atoms with van der Waals surface area (Å²) < 4.78 is 20.4. The highest BCUT2D eigenvalue weighted by Crippen LogP contribution is 2.25.